The molecule has 1 aliphatic heterocycles. The fraction of sp³-hybridized carbons (Fsp3) is 0.423. The average molecular weight is 485 g/mol. The van der Waals surface area contributed by atoms with Crippen LogP contribution in [0.15, 0.2) is 47.4 Å². The number of fused-ring (bicyclic) bond motifs is 1. The van der Waals surface area contributed by atoms with Gasteiger partial charge in [-0.05, 0) is 36.6 Å². The highest BCUT2D eigenvalue weighted by atomic mass is 19.4. The van der Waals surface area contributed by atoms with Crippen LogP contribution in [-0.4, -0.2) is 32.8 Å². The first-order valence-corrected chi connectivity index (χ1v) is 12.0. The predicted octanol–water partition coefficient (Wildman–Crippen LogP) is 5.34. The van der Waals surface area contributed by atoms with E-state index in [4.69, 9.17) is 4.98 Å². The van der Waals surface area contributed by atoms with E-state index < -0.39 is 6.36 Å². The van der Waals surface area contributed by atoms with Crippen molar-refractivity contribution in [3.05, 3.63) is 75.6 Å². The fourth-order valence-electron chi connectivity index (χ4n) is 5.03. The largest absolute Gasteiger partial charge is 0.573 e. The molecule has 0 amide bonds. The van der Waals surface area contributed by atoms with Crippen LogP contribution in [0.1, 0.15) is 60.7 Å². The van der Waals surface area contributed by atoms with Crippen LogP contribution in [0.5, 0.6) is 5.75 Å². The number of pyridine rings is 1. The van der Waals surface area contributed by atoms with Crippen LogP contribution >= 0.6 is 0 Å². The third kappa shape index (κ3) is 5.56. The Labute approximate surface area is 201 Å². The Morgan fingerprint density at radius 3 is 2.63 bits per heavy atom. The van der Waals surface area contributed by atoms with Gasteiger partial charge in [0, 0.05) is 43.7 Å². The maximum atomic E-state index is 12.8. The molecule has 6 nitrogen and oxygen atoms in total. The number of para-hydroxylation sites is 1. The summed E-state index contributed by atoms with van der Waals surface area (Å²) < 4.78 is 42.3. The molecule has 0 spiro atoms. The Morgan fingerprint density at radius 2 is 1.89 bits per heavy atom. The summed E-state index contributed by atoms with van der Waals surface area (Å²) in [4.78, 5) is 27.2. The predicted molar refractivity (Wildman–Crippen MR) is 125 cm³/mol. The zero-order chi connectivity index (χ0) is 24.4. The second kappa shape index (κ2) is 9.81. The molecular weight excluding hydrogens is 457 g/mol. The molecule has 184 valence electrons. The van der Waals surface area contributed by atoms with Crippen molar-refractivity contribution in [2.45, 2.75) is 63.9 Å². The highest BCUT2D eigenvalue weighted by Gasteiger charge is 2.32. The van der Waals surface area contributed by atoms with Crippen molar-refractivity contribution >= 4 is 0 Å². The van der Waals surface area contributed by atoms with Gasteiger partial charge in [0.25, 0.3) is 5.56 Å². The molecule has 3 aromatic rings. The third-order valence-corrected chi connectivity index (χ3v) is 6.78. The molecule has 0 unspecified atom stereocenters. The van der Waals surface area contributed by atoms with Crippen molar-refractivity contribution in [2.75, 3.05) is 6.54 Å². The molecule has 0 bridgehead atoms. The highest BCUT2D eigenvalue weighted by molar-refractivity contribution is 5.67. The van der Waals surface area contributed by atoms with E-state index >= 15 is 0 Å². The van der Waals surface area contributed by atoms with E-state index in [1.807, 2.05) is 6.07 Å². The molecule has 1 aliphatic carbocycles. The van der Waals surface area contributed by atoms with Crippen LogP contribution < -0.4 is 10.3 Å². The van der Waals surface area contributed by atoms with Gasteiger partial charge in [-0.3, -0.25) is 14.7 Å². The van der Waals surface area contributed by atoms with E-state index in [1.165, 1.54) is 31.4 Å². The van der Waals surface area contributed by atoms with E-state index in [2.05, 4.69) is 19.6 Å². The van der Waals surface area contributed by atoms with Gasteiger partial charge in [-0.1, -0.05) is 37.5 Å². The maximum absolute atomic E-state index is 12.8. The lowest BCUT2D eigenvalue weighted by atomic mass is 9.88. The average Bonchev–Trinajstić information content (AvgIpc) is 2.85. The summed E-state index contributed by atoms with van der Waals surface area (Å²) in [6, 6.07) is 9.49. The van der Waals surface area contributed by atoms with Crippen LogP contribution in [0.4, 0.5) is 13.2 Å². The summed E-state index contributed by atoms with van der Waals surface area (Å²) in [5, 5.41) is 0. The van der Waals surface area contributed by atoms with Crippen LogP contribution in [-0.2, 0) is 19.5 Å². The Bertz CT molecular complexity index is 1230. The van der Waals surface area contributed by atoms with Gasteiger partial charge >= 0.3 is 6.36 Å². The zero-order valence-corrected chi connectivity index (χ0v) is 19.3. The van der Waals surface area contributed by atoms with E-state index in [0.717, 1.165) is 42.0 Å². The number of hydrogen-bond acceptors (Lipinski definition) is 5. The van der Waals surface area contributed by atoms with E-state index in [9.17, 15) is 18.0 Å². The van der Waals surface area contributed by atoms with Crippen molar-refractivity contribution < 1.29 is 17.9 Å². The summed E-state index contributed by atoms with van der Waals surface area (Å²) in [5.41, 5.74) is 3.16. The van der Waals surface area contributed by atoms with Gasteiger partial charge in [-0.2, -0.15) is 0 Å². The van der Waals surface area contributed by atoms with E-state index in [1.54, 1.807) is 24.4 Å². The summed E-state index contributed by atoms with van der Waals surface area (Å²) in [6.07, 6.45) is 3.40. The minimum atomic E-state index is -4.77. The molecule has 1 N–H and O–H groups in total. The number of ether oxygens (including phenoxy) is 1. The summed E-state index contributed by atoms with van der Waals surface area (Å²) in [6.45, 7) is 1.86. The number of benzene rings is 1. The van der Waals surface area contributed by atoms with Crippen LogP contribution in [0.25, 0.3) is 11.3 Å². The molecule has 1 saturated carbocycles. The van der Waals surface area contributed by atoms with Crippen LogP contribution in [0.2, 0.25) is 0 Å². The van der Waals surface area contributed by atoms with Crippen molar-refractivity contribution in [3.63, 3.8) is 0 Å². The minimum absolute atomic E-state index is 0.0463. The molecule has 1 fully saturated rings. The minimum Gasteiger partial charge on any atom is -0.405 e. The van der Waals surface area contributed by atoms with Crippen molar-refractivity contribution in [1.29, 1.82) is 0 Å². The number of aromatic amines is 1. The number of rotatable bonds is 5. The molecule has 9 heteroatoms. The van der Waals surface area contributed by atoms with E-state index in [0.29, 0.717) is 31.1 Å². The molecule has 3 heterocycles. The molecular formula is C26H27F3N4O2. The lowest BCUT2D eigenvalue weighted by Gasteiger charge is -2.29. The second-order valence-electron chi connectivity index (χ2n) is 9.27. The first-order chi connectivity index (χ1) is 16.9. The lowest BCUT2D eigenvalue weighted by molar-refractivity contribution is -0.274. The number of hydrogen-bond donors (Lipinski definition) is 1. The maximum Gasteiger partial charge on any atom is 0.573 e. The Morgan fingerprint density at radius 1 is 1.09 bits per heavy atom. The van der Waals surface area contributed by atoms with E-state index in [-0.39, 0.29) is 16.9 Å². The number of halogens is 3. The summed E-state index contributed by atoms with van der Waals surface area (Å²) in [7, 11) is 0. The van der Waals surface area contributed by atoms with Gasteiger partial charge in [0.15, 0.2) is 0 Å². The second-order valence-corrected chi connectivity index (χ2v) is 9.27. The topological polar surface area (TPSA) is 71.1 Å². The lowest BCUT2D eigenvalue weighted by Crippen LogP contribution is -2.36. The number of nitrogens with one attached hydrogen (secondary N) is 1. The van der Waals surface area contributed by atoms with Crippen molar-refractivity contribution in [3.8, 4) is 17.0 Å². The number of alkyl halides is 3. The SMILES string of the molecule is O=c1[nH]c(C2CCCCC2)nc2c1CN(Cc1ccc(-c3ccccc3OC(F)(F)F)nc1)CC2. The first-order valence-electron chi connectivity index (χ1n) is 12.0. The van der Waals surface area contributed by atoms with Crippen molar-refractivity contribution in [2.24, 2.45) is 0 Å². The molecule has 0 saturated heterocycles. The Balaban J connectivity index is 1.28. The Kier molecular flexibility index (Phi) is 6.60. The first kappa shape index (κ1) is 23.5. The zero-order valence-electron chi connectivity index (χ0n) is 19.3. The standard InChI is InChI=1S/C26H27F3N4O2/c27-26(28,29)35-23-9-5-4-8-19(23)21-11-10-17(14-30-21)15-33-13-12-22-20(16-33)25(34)32-24(31-22)18-6-2-1-3-7-18/h4-5,8-11,14,18H,1-3,6-7,12-13,15-16H2,(H,31,32,34). The highest BCUT2D eigenvalue weighted by Crippen LogP contribution is 2.33. The normalized spacial score (nSPS) is 17.2. The van der Waals surface area contributed by atoms with Gasteiger partial charge in [-0.15, -0.1) is 13.2 Å². The summed E-state index contributed by atoms with van der Waals surface area (Å²) in [5.74, 6) is 0.916. The van der Waals surface area contributed by atoms with Gasteiger partial charge in [-0.25, -0.2) is 4.98 Å². The molecule has 2 aliphatic rings. The van der Waals surface area contributed by atoms with Gasteiger partial charge in [0.05, 0.1) is 17.0 Å². The monoisotopic (exact) mass is 484 g/mol. The van der Waals surface area contributed by atoms with Crippen LogP contribution in [0.3, 0.4) is 0 Å². The number of aromatic nitrogens is 3. The summed E-state index contributed by atoms with van der Waals surface area (Å²) >= 11 is 0. The molecule has 0 atom stereocenters. The smallest absolute Gasteiger partial charge is 0.405 e. The quantitative estimate of drug-likeness (QED) is 0.530. The number of H-pyrrole nitrogens is 1. The molecule has 5 rings (SSSR count). The molecule has 35 heavy (non-hydrogen) atoms. The Hall–Kier alpha value is -3.20. The van der Waals surface area contributed by atoms with Gasteiger partial charge < -0.3 is 9.72 Å². The number of nitrogens with zero attached hydrogens (tertiary/aromatic N) is 3. The van der Waals surface area contributed by atoms with Crippen molar-refractivity contribution in [1.82, 2.24) is 19.9 Å². The van der Waals surface area contributed by atoms with Crippen LogP contribution in [0, 0.1) is 0 Å². The van der Waals surface area contributed by atoms with Gasteiger partial charge in [0.1, 0.15) is 11.6 Å². The fourth-order valence-corrected chi connectivity index (χ4v) is 5.03. The molecule has 1 aromatic carbocycles. The molecule has 2 aromatic heterocycles. The molecule has 0 radical (unpaired) electrons. The third-order valence-electron chi connectivity index (χ3n) is 6.78. The van der Waals surface area contributed by atoms with Gasteiger partial charge in [0.2, 0.25) is 0 Å².